The molecule has 0 unspecified atom stereocenters. The lowest BCUT2D eigenvalue weighted by atomic mass is 10.3. The van der Waals surface area contributed by atoms with Gasteiger partial charge in [0.05, 0.1) is 23.9 Å². The van der Waals surface area contributed by atoms with Crippen LogP contribution in [0, 0.1) is 0 Å². The molecule has 8 heteroatoms. The predicted molar refractivity (Wildman–Crippen MR) is 80.0 cm³/mol. The molecule has 0 aliphatic carbocycles. The minimum Gasteiger partial charge on any atom is -0.369 e. The summed E-state index contributed by atoms with van der Waals surface area (Å²) in [5, 5.41) is 3.08. The average molecular weight is 312 g/mol. The van der Waals surface area contributed by atoms with E-state index in [0.29, 0.717) is 18.8 Å². The van der Waals surface area contributed by atoms with Crippen molar-refractivity contribution >= 4 is 21.6 Å². The van der Waals surface area contributed by atoms with E-state index in [2.05, 4.69) is 15.3 Å². The van der Waals surface area contributed by atoms with Gasteiger partial charge in [0.2, 0.25) is 0 Å². The summed E-state index contributed by atoms with van der Waals surface area (Å²) >= 11 is 0. The second-order valence-electron chi connectivity index (χ2n) is 5.01. The van der Waals surface area contributed by atoms with E-state index >= 15 is 0 Å². The number of carbonyl (C=O) groups excluding carboxylic acids is 1. The number of hydrogen-bond donors (Lipinski definition) is 1. The Morgan fingerprint density at radius 3 is 2.76 bits per heavy atom. The van der Waals surface area contributed by atoms with Gasteiger partial charge < -0.3 is 10.2 Å². The van der Waals surface area contributed by atoms with Crippen molar-refractivity contribution < 1.29 is 13.2 Å². The second-order valence-corrected chi connectivity index (χ2v) is 7.31. The number of nitrogens with one attached hydrogen (secondary N) is 1. The van der Waals surface area contributed by atoms with Gasteiger partial charge in [-0.1, -0.05) is 6.92 Å². The molecule has 1 aromatic rings. The Bertz CT molecular complexity index is 586. The fraction of sp³-hybridized carbons (Fsp3) is 0.615. The number of sulfone groups is 1. The van der Waals surface area contributed by atoms with Crippen LogP contribution >= 0.6 is 0 Å². The van der Waals surface area contributed by atoms with Gasteiger partial charge in [-0.05, 0) is 12.8 Å². The molecule has 1 fully saturated rings. The molecular formula is C13H20N4O3S. The molecule has 7 nitrogen and oxygen atoms in total. The van der Waals surface area contributed by atoms with Crippen LogP contribution < -0.4 is 5.32 Å². The topological polar surface area (TPSA) is 92.3 Å². The summed E-state index contributed by atoms with van der Waals surface area (Å²) in [6.07, 6.45) is 4.40. The number of anilines is 1. The molecule has 116 valence electrons. The predicted octanol–water partition coefficient (Wildman–Crippen LogP) is 0.559. The molecule has 0 spiro atoms. The van der Waals surface area contributed by atoms with Crippen molar-refractivity contribution in [2.24, 2.45) is 0 Å². The standard InChI is InChI=1S/C13H20N4O3S/c1-2-4-14-12-10-15-11(9-16-12)13(18)17-5-3-7-21(19,20)8-6-17/h9-10H,2-8H2,1H3,(H,14,16). The third-order valence-electron chi connectivity index (χ3n) is 3.27. The maximum Gasteiger partial charge on any atom is 0.274 e. The Morgan fingerprint density at radius 2 is 2.10 bits per heavy atom. The van der Waals surface area contributed by atoms with Crippen LogP contribution in [-0.2, 0) is 9.84 Å². The molecule has 21 heavy (non-hydrogen) atoms. The Balaban J connectivity index is 2.02. The third kappa shape index (κ3) is 4.38. The Morgan fingerprint density at radius 1 is 1.29 bits per heavy atom. The fourth-order valence-electron chi connectivity index (χ4n) is 2.09. The number of amides is 1. The van der Waals surface area contributed by atoms with Crippen LogP contribution in [0.1, 0.15) is 30.3 Å². The molecule has 2 rings (SSSR count). The zero-order chi connectivity index (χ0) is 15.3. The van der Waals surface area contributed by atoms with Crippen molar-refractivity contribution in [3.63, 3.8) is 0 Å². The van der Waals surface area contributed by atoms with Gasteiger partial charge >= 0.3 is 0 Å². The van der Waals surface area contributed by atoms with E-state index in [-0.39, 0.29) is 29.7 Å². The lowest BCUT2D eigenvalue weighted by Crippen LogP contribution is -2.34. The first-order valence-corrected chi connectivity index (χ1v) is 8.89. The average Bonchev–Trinajstić information content (AvgIpc) is 2.66. The lowest BCUT2D eigenvalue weighted by molar-refractivity contribution is 0.0762. The molecule has 2 heterocycles. The zero-order valence-electron chi connectivity index (χ0n) is 12.1. The van der Waals surface area contributed by atoms with Crippen molar-refractivity contribution in [2.75, 3.05) is 36.5 Å². The van der Waals surface area contributed by atoms with Gasteiger partial charge in [-0.25, -0.2) is 18.4 Å². The molecule has 0 atom stereocenters. The minimum atomic E-state index is -3.02. The minimum absolute atomic E-state index is 0.0162. The first kappa shape index (κ1) is 15.7. The van der Waals surface area contributed by atoms with E-state index in [0.717, 1.165) is 13.0 Å². The molecule has 1 amide bonds. The highest BCUT2D eigenvalue weighted by atomic mass is 32.2. The molecule has 1 aliphatic rings. The van der Waals surface area contributed by atoms with Crippen molar-refractivity contribution in [1.82, 2.24) is 14.9 Å². The highest BCUT2D eigenvalue weighted by Gasteiger charge is 2.24. The highest BCUT2D eigenvalue weighted by molar-refractivity contribution is 7.91. The molecule has 0 bridgehead atoms. The van der Waals surface area contributed by atoms with Gasteiger partial charge in [-0.3, -0.25) is 4.79 Å². The van der Waals surface area contributed by atoms with Gasteiger partial charge in [-0.15, -0.1) is 0 Å². The number of aromatic nitrogens is 2. The van der Waals surface area contributed by atoms with Crippen molar-refractivity contribution in [2.45, 2.75) is 19.8 Å². The van der Waals surface area contributed by atoms with E-state index in [9.17, 15) is 13.2 Å². The van der Waals surface area contributed by atoms with Crippen LogP contribution in [0.2, 0.25) is 0 Å². The quantitative estimate of drug-likeness (QED) is 0.873. The van der Waals surface area contributed by atoms with Crippen LogP contribution in [0.25, 0.3) is 0 Å². The van der Waals surface area contributed by atoms with Gasteiger partial charge in [0, 0.05) is 19.6 Å². The first-order chi connectivity index (χ1) is 10.0. The summed E-state index contributed by atoms with van der Waals surface area (Å²) in [6.45, 7) is 3.51. The van der Waals surface area contributed by atoms with Crippen molar-refractivity contribution in [3.8, 4) is 0 Å². The van der Waals surface area contributed by atoms with Gasteiger partial charge in [0.25, 0.3) is 5.91 Å². The number of hydrogen-bond acceptors (Lipinski definition) is 6. The monoisotopic (exact) mass is 312 g/mol. The largest absolute Gasteiger partial charge is 0.369 e. The van der Waals surface area contributed by atoms with E-state index in [4.69, 9.17) is 0 Å². The maximum atomic E-state index is 12.3. The smallest absolute Gasteiger partial charge is 0.274 e. The van der Waals surface area contributed by atoms with Crippen molar-refractivity contribution in [1.29, 1.82) is 0 Å². The summed E-state index contributed by atoms with van der Waals surface area (Å²) in [5.74, 6) is 0.526. The Hall–Kier alpha value is -1.70. The van der Waals surface area contributed by atoms with Crippen LogP contribution in [0.5, 0.6) is 0 Å². The van der Waals surface area contributed by atoms with E-state index in [1.807, 2.05) is 6.92 Å². The summed E-state index contributed by atoms with van der Waals surface area (Å²) in [6, 6.07) is 0. The van der Waals surface area contributed by atoms with Crippen LogP contribution in [0.15, 0.2) is 12.4 Å². The molecule has 1 aliphatic heterocycles. The number of rotatable bonds is 4. The van der Waals surface area contributed by atoms with Gasteiger partial charge in [0.15, 0.2) is 9.84 Å². The highest BCUT2D eigenvalue weighted by Crippen LogP contribution is 2.09. The molecule has 0 aromatic carbocycles. The van der Waals surface area contributed by atoms with Crippen LogP contribution in [0.3, 0.4) is 0 Å². The fourth-order valence-corrected chi connectivity index (χ4v) is 3.36. The van der Waals surface area contributed by atoms with E-state index in [1.165, 1.54) is 17.3 Å². The summed E-state index contributed by atoms with van der Waals surface area (Å²) in [7, 11) is -3.02. The number of carbonyl (C=O) groups is 1. The molecule has 1 aromatic heterocycles. The molecule has 1 N–H and O–H groups in total. The summed E-state index contributed by atoms with van der Waals surface area (Å²) in [5.41, 5.74) is 0.247. The Labute approximate surface area is 124 Å². The summed E-state index contributed by atoms with van der Waals surface area (Å²) in [4.78, 5) is 22.1. The van der Waals surface area contributed by atoms with Gasteiger partial charge in [0.1, 0.15) is 11.5 Å². The lowest BCUT2D eigenvalue weighted by Gasteiger charge is -2.18. The maximum absolute atomic E-state index is 12.3. The van der Waals surface area contributed by atoms with E-state index in [1.54, 1.807) is 0 Å². The van der Waals surface area contributed by atoms with Crippen molar-refractivity contribution in [3.05, 3.63) is 18.1 Å². The number of nitrogens with zero attached hydrogens (tertiary/aromatic N) is 3. The van der Waals surface area contributed by atoms with Crippen LogP contribution in [0.4, 0.5) is 5.82 Å². The normalized spacial score (nSPS) is 18.0. The first-order valence-electron chi connectivity index (χ1n) is 7.07. The molecule has 0 saturated carbocycles. The molecule has 1 saturated heterocycles. The second kappa shape index (κ2) is 6.84. The Kier molecular flexibility index (Phi) is 5.11. The zero-order valence-corrected chi connectivity index (χ0v) is 12.9. The molecular weight excluding hydrogens is 292 g/mol. The van der Waals surface area contributed by atoms with Crippen LogP contribution in [-0.4, -0.2) is 60.3 Å². The SMILES string of the molecule is CCCNc1cnc(C(=O)N2CCCS(=O)(=O)CC2)cn1. The summed E-state index contributed by atoms with van der Waals surface area (Å²) < 4.78 is 23.1. The van der Waals surface area contributed by atoms with E-state index < -0.39 is 9.84 Å². The van der Waals surface area contributed by atoms with Gasteiger partial charge in [-0.2, -0.15) is 0 Å². The third-order valence-corrected chi connectivity index (χ3v) is 4.99. The molecule has 0 radical (unpaired) electrons.